The van der Waals surface area contributed by atoms with Gasteiger partial charge in [0, 0.05) is 13.5 Å². The highest BCUT2D eigenvalue weighted by molar-refractivity contribution is 9.58. The van der Waals surface area contributed by atoms with Gasteiger partial charge >= 0.3 is 0 Å². The lowest BCUT2D eigenvalue weighted by Crippen LogP contribution is -2.21. The van der Waals surface area contributed by atoms with Crippen LogP contribution in [0.5, 0.6) is 0 Å². The fraction of sp³-hybridized carbons (Fsp3) is 0.857. The fourth-order valence-electron chi connectivity index (χ4n) is 0.680. The van der Waals surface area contributed by atoms with Gasteiger partial charge in [0.25, 0.3) is 0 Å². The lowest BCUT2D eigenvalue weighted by atomic mass is 10.5. The third-order valence-corrected chi connectivity index (χ3v) is 3.41. The number of carbonyl (C=O) groups excluding carboxylic acids is 1. The van der Waals surface area contributed by atoms with Crippen molar-refractivity contribution >= 4 is 29.2 Å². The van der Waals surface area contributed by atoms with E-state index in [1.165, 1.54) is 0 Å². The summed E-state index contributed by atoms with van der Waals surface area (Å²) in [7, 11) is -0.561. The summed E-state index contributed by atoms with van der Waals surface area (Å²) in [5.74, 6) is 1.22. The molecule has 0 aromatic heterocycles. The maximum atomic E-state index is 10.5. The molecule has 1 amide bonds. The van der Waals surface area contributed by atoms with Crippen LogP contribution in [0.15, 0.2) is 0 Å². The van der Waals surface area contributed by atoms with Crippen LogP contribution < -0.4 is 5.32 Å². The third-order valence-electron chi connectivity index (χ3n) is 1.18. The molecule has 0 unspecified atom stereocenters. The first kappa shape index (κ1) is 11.3. The van der Waals surface area contributed by atoms with Crippen molar-refractivity contribution in [3.05, 3.63) is 0 Å². The molecular weight excluding hydrogens is 226 g/mol. The zero-order valence-electron chi connectivity index (χ0n) is 7.32. The first-order valence-electron chi connectivity index (χ1n) is 3.57. The summed E-state index contributed by atoms with van der Waals surface area (Å²) < 4.78 is 0. The Morgan fingerprint density at radius 3 is 2.45 bits per heavy atom. The molecule has 0 bridgehead atoms. The average molecular weight is 242 g/mol. The Morgan fingerprint density at radius 1 is 1.55 bits per heavy atom. The Kier molecular flexibility index (Phi) is 5.17. The smallest absolute Gasteiger partial charge is 0.216 e. The van der Waals surface area contributed by atoms with Gasteiger partial charge in [-0.3, -0.25) is 4.79 Å². The second kappa shape index (κ2) is 5.04. The van der Waals surface area contributed by atoms with Gasteiger partial charge in [0.05, 0.1) is 0 Å². The molecule has 0 fully saturated rings. The summed E-state index contributed by atoms with van der Waals surface area (Å²) in [6, 6.07) is 0. The Morgan fingerprint density at radius 2 is 2.09 bits per heavy atom. The van der Waals surface area contributed by atoms with Gasteiger partial charge in [-0.25, -0.2) is 0 Å². The summed E-state index contributed by atoms with van der Waals surface area (Å²) in [6.45, 7) is 2.35. The van der Waals surface area contributed by atoms with Crippen LogP contribution >= 0.6 is 23.3 Å². The van der Waals surface area contributed by atoms with Crippen molar-refractivity contribution < 1.29 is 4.79 Å². The number of amides is 1. The summed E-state index contributed by atoms with van der Waals surface area (Å²) >= 11 is 3.62. The van der Waals surface area contributed by atoms with Crippen molar-refractivity contribution in [3.63, 3.8) is 0 Å². The first-order valence-corrected chi connectivity index (χ1v) is 8.03. The predicted molar refractivity (Wildman–Crippen MR) is 56.5 cm³/mol. The number of nitrogens with one attached hydrogen (secondary N) is 1. The highest BCUT2D eigenvalue weighted by Gasteiger charge is 2.04. The molecule has 11 heavy (non-hydrogen) atoms. The molecule has 0 rings (SSSR count). The minimum atomic E-state index is -0.561. The molecule has 0 aliphatic rings. The number of hydrogen-bond acceptors (Lipinski definition) is 1. The van der Waals surface area contributed by atoms with Crippen LogP contribution in [0.4, 0.5) is 0 Å². The van der Waals surface area contributed by atoms with Gasteiger partial charge < -0.3 is 5.32 Å². The van der Waals surface area contributed by atoms with Crippen molar-refractivity contribution in [1.29, 1.82) is 0 Å². The van der Waals surface area contributed by atoms with Crippen LogP contribution in [0.3, 0.4) is 0 Å². The Labute approximate surface area is 77.6 Å². The van der Waals surface area contributed by atoms with Gasteiger partial charge in [0.2, 0.25) is 5.91 Å². The number of carbonyl (C=O) groups is 1. The van der Waals surface area contributed by atoms with Crippen LogP contribution in [-0.4, -0.2) is 30.7 Å². The van der Waals surface area contributed by atoms with Crippen molar-refractivity contribution in [2.24, 2.45) is 0 Å². The van der Waals surface area contributed by atoms with E-state index in [1.54, 1.807) is 6.92 Å². The minimum Gasteiger partial charge on any atom is -0.356 e. The monoisotopic (exact) mass is 241 g/mol. The van der Waals surface area contributed by atoms with E-state index in [0.29, 0.717) is 0 Å². The van der Waals surface area contributed by atoms with Gasteiger partial charge in [0.1, 0.15) is 0 Å². The highest BCUT2D eigenvalue weighted by Crippen LogP contribution is 2.48. The second-order valence-electron chi connectivity index (χ2n) is 2.94. The van der Waals surface area contributed by atoms with Crippen LogP contribution in [0.25, 0.3) is 0 Å². The van der Waals surface area contributed by atoms with E-state index in [1.807, 2.05) is 0 Å². The maximum Gasteiger partial charge on any atom is 0.216 e. The zero-order chi connectivity index (χ0) is 8.91. The average Bonchev–Trinajstić information content (AvgIpc) is 1.78. The molecule has 0 aliphatic carbocycles. The van der Waals surface area contributed by atoms with Gasteiger partial charge in [-0.15, -0.1) is 0 Å². The van der Waals surface area contributed by atoms with Gasteiger partial charge in [-0.2, -0.15) is 8.46 Å². The molecule has 0 atom stereocenters. The van der Waals surface area contributed by atoms with E-state index in [4.69, 9.17) is 0 Å². The van der Waals surface area contributed by atoms with Crippen molar-refractivity contribution in [2.75, 3.05) is 24.8 Å². The molecule has 0 spiro atoms. The van der Waals surface area contributed by atoms with Crippen LogP contribution in [-0.2, 0) is 4.79 Å². The molecule has 1 N–H and O–H groups in total. The molecule has 68 valence electrons. The molecule has 0 aromatic rings. The molecule has 0 aromatic carbocycles. The lowest BCUT2D eigenvalue weighted by Gasteiger charge is -2.21. The zero-order valence-corrected chi connectivity index (χ0v) is 9.72. The molecule has 0 heterocycles. The van der Waals surface area contributed by atoms with E-state index in [0.717, 1.165) is 18.7 Å². The molecule has 0 saturated heterocycles. The molecule has 0 saturated carbocycles. The minimum absolute atomic E-state index is 0.0624. The predicted octanol–water partition coefficient (Wildman–Crippen LogP) is 1.89. The first-order chi connectivity index (χ1) is 4.92. The highest BCUT2D eigenvalue weighted by atomic mass is 79.9. The third kappa shape index (κ3) is 10.3. The number of rotatable bonds is 4. The van der Waals surface area contributed by atoms with Gasteiger partial charge in [-0.1, -0.05) is 0 Å². The Hall–Kier alpha value is 0.300. The largest absolute Gasteiger partial charge is 0.356 e. The van der Waals surface area contributed by atoms with Crippen molar-refractivity contribution in [1.82, 2.24) is 5.32 Å². The van der Waals surface area contributed by atoms with Crippen molar-refractivity contribution in [2.45, 2.75) is 13.3 Å². The van der Waals surface area contributed by atoms with E-state index in [2.05, 4.69) is 32.6 Å². The summed E-state index contributed by atoms with van der Waals surface area (Å²) in [4.78, 5) is 10.5. The molecule has 0 radical (unpaired) electrons. The van der Waals surface area contributed by atoms with E-state index < -0.39 is 8.46 Å². The SMILES string of the molecule is CC(=O)NCCCS(C)(C)Br. The Bertz CT molecular complexity index is 133. The van der Waals surface area contributed by atoms with E-state index >= 15 is 0 Å². The maximum absolute atomic E-state index is 10.5. The molecule has 4 heteroatoms. The van der Waals surface area contributed by atoms with E-state index in [9.17, 15) is 4.79 Å². The van der Waals surface area contributed by atoms with Crippen LogP contribution in [0.2, 0.25) is 0 Å². The van der Waals surface area contributed by atoms with E-state index in [-0.39, 0.29) is 5.91 Å². The number of halogens is 1. The second-order valence-corrected chi connectivity index (χ2v) is 11.4. The molecule has 2 nitrogen and oxygen atoms in total. The van der Waals surface area contributed by atoms with Crippen LogP contribution in [0.1, 0.15) is 13.3 Å². The topological polar surface area (TPSA) is 29.1 Å². The normalized spacial score (nSPS) is 12.7. The van der Waals surface area contributed by atoms with Gasteiger partial charge in [0.15, 0.2) is 0 Å². The van der Waals surface area contributed by atoms with Crippen molar-refractivity contribution in [3.8, 4) is 0 Å². The Balaban J connectivity index is 3.22. The lowest BCUT2D eigenvalue weighted by molar-refractivity contribution is -0.118. The summed E-state index contributed by atoms with van der Waals surface area (Å²) in [5, 5.41) is 2.77. The molecular formula is C7H16BrNOS. The fourth-order valence-corrected chi connectivity index (χ4v) is 2.20. The molecule has 0 aliphatic heterocycles. The quantitative estimate of drug-likeness (QED) is 0.749. The summed E-state index contributed by atoms with van der Waals surface area (Å²) in [5.41, 5.74) is 0. The number of hydrogen-bond donors (Lipinski definition) is 1. The summed E-state index contributed by atoms with van der Waals surface area (Å²) in [6.07, 6.45) is 5.48. The standard InChI is InChI=1S/C7H16BrNOS/c1-7(10)9-5-4-6-11(2,3)8/h4-6H2,1-3H3,(H,9,10). The van der Waals surface area contributed by atoms with Crippen LogP contribution in [0, 0.1) is 0 Å². The van der Waals surface area contributed by atoms with Gasteiger partial charge in [-0.05, 0) is 39.5 Å².